The zero-order valence-electron chi connectivity index (χ0n) is 32.0. The summed E-state index contributed by atoms with van der Waals surface area (Å²) in [6.07, 6.45) is 22.3. The van der Waals surface area contributed by atoms with Gasteiger partial charge in [-0.3, -0.25) is 4.57 Å². The SMILES string of the molecule is CC1C=CC(c2ccc(-c3nc(C4=CCCC=C4)nc(-n4c5ccccc5c5c(C6=CCC7Sc8ccccc8C7=C6)cc6c7ccccc7oc6c54)n3)cc2)=CC1. The maximum Gasteiger partial charge on any atom is 0.238 e. The number of nitrogens with zero attached hydrogens (tertiary/aromatic N) is 4. The van der Waals surface area contributed by atoms with Crippen molar-refractivity contribution < 1.29 is 4.42 Å². The number of furan rings is 1. The highest BCUT2D eigenvalue weighted by atomic mass is 32.2. The van der Waals surface area contributed by atoms with Crippen LogP contribution >= 0.6 is 11.8 Å². The lowest BCUT2D eigenvalue weighted by atomic mass is 9.88. The summed E-state index contributed by atoms with van der Waals surface area (Å²) in [5, 5.41) is 4.86. The summed E-state index contributed by atoms with van der Waals surface area (Å²) >= 11 is 1.98. The van der Waals surface area contributed by atoms with E-state index in [0.29, 0.717) is 28.8 Å². The van der Waals surface area contributed by atoms with Crippen LogP contribution in [0.4, 0.5) is 0 Å². The molecule has 3 aliphatic carbocycles. The molecule has 12 rings (SSSR count). The highest BCUT2D eigenvalue weighted by Crippen LogP contribution is 2.51. The summed E-state index contributed by atoms with van der Waals surface area (Å²) in [4.78, 5) is 17.2. The number of fused-ring (bicyclic) bond motifs is 10. The van der Waals surface area contributed by atoms with Gasteiger partial charge in [-0.25, -0.2) is 4.98 Å². The smallest absolute Gasteiger partial charge is 0.238 e. The highest BCUT2D eigenvalue weighted by Gasteiger charge is 2.31. The van der Waals surface area contributed by atoms with Crippen molar-refractivity contribution in [3.05, 3.63) is 174 Å². The van der Waals surface area contributed by atoms with E-state index < -0.39 is 0 Å². The number of rotatable bonds is 5. The molecule has 5 nitrogen and oxygen atoms in total. The molecule has 6 heteroatoms. The number of aromatic nitrogens is 4. The van der Waals surface area contributed by atoms with Crippen LogP contribution in [0.3, 0.4) is 0 Å². The van der Waals surface area contributed by atoms with Crippen molar-refractivity contribution in [1.82, 2.24) is 19.5 Å². The van der Waals surface area contributed by atoms with Crippen LogP contribution in [0, 0.1) is 5.92 Å². The molecule has 0 amide bonds. The molecule has 0 saturated carbocycles. The van der Waals surface area contributed by atoms with Crippen molar-refractivity contribution in [3.8, 4) is 17.3 Å². The van der Waals surface area contributed by atoms with Crippen molar-refractivity contribution in [2.45, 2.75) is 42.8 Å². The second-order valence-corrected chi connectivity index (χ2v) is 17.0. The Balaban J connectivity index is 1.12. The number of allylic oxidation sites excluding steroid dienone is 11. The Labute approximate surface area is 340 Å². The van der Waals surface area contributed by atoms with Crippen LogP contribution in [-0.2, 0) is 0 Å². The summed E-state index contributed by atoms with van der Waals surface area (Å²) in [5.41, 5.74) is 13.3. The van der Waals surface area contributed by atoms with Gasteiger partial charge in [0.25, 0.3) is 0 Å². The number of thioether (sulfide) groups is 1. The maximum absolute atomic E-state index is 6.89. The molecule has 5 aromatic carbocycles. The van der Waals surface area contributed by atoms with Gasteiger partial charge < -0.3 is 4.42 Å². The van der Waals surface area contributed by atoms with Gasteiger partial charge in [0.1, 0.15) is 11.1 Å². The van der Waals surface area contributed by atoms with Gasteiger partial charge in [0.15, 0.2) is 17.2 Å². The summed E-state index contributed by atoms with van der Waals surface area (Å²) in [5.74, 6) is 2.44. The van der Waals surface area contributed by atoms with Crippen LogP contribution in [-0.4, -0.2) is 24.8 Å². The normalized spacial score (nSPS) is 18.7. The summed E-state index contributed by atoms with van der Waals surface area (Å²) < 4.78 is 9.12. The first kappa shape index (κ1) is 33.6. The van der Waals surface area contributed by atoms with Crippen LogP contribution in [0.15, 0.2) is 161 Å². The van der Waals surface area contributed by atoms with Crippen molar-refractivity contribution in [3.63, 3.8) is 0 Å². The van der Waals surface area contributed by atoms with Crippen molar-refractivity contribution in [1.29, 1.82) is 0 Å². The molecule has 4 aliphatic rings. The van der Waals surface area contributed by atoms with E-state index in [-0.39, 0.29) is 0 Å². The Morgan fingerprint density at radius 3 is 2.33 bits per heavy atom. The molecule has 0 bridgehead atoms. The fraction of sp³-hybridized carbons (Fsp3) is 0.135. The molecular weight excluding hydrogens is 729 g/mol. The van der Waals surface area contributed by atoms with Crippen LogP contribution in [0.1, 0.15) is 55.1 Å². The maximum atomic E-state index is 6.89. The second kappa shape index (κ2) is 13.3. The molecule has 2 atom stereocenters. The van der Waals surface area contributed by atoms with E-state index in [2.05, 4.69) is 157 Å². The first-order valence-electron chi connectivity index (χ1n) is 20.3. The van der Waals surface area contributed by atoms with Gasteiger partial charge in [0.2, 0.25) is 5.95 Å². The molecule has 58 heavy (non-hydrogen) atoms. The van der Waals surface area contributed by atoms with E-state index in [1.165, 1.54) is 38.3 Å². The second-order valence-electron chi connectivity index (χ2n) is 15.8. The third-order valence-electron chi connectivity index (χ3n) is 12.1. The Morgan fingerprint density at radius 1 is 0.672 bits per heavy atom. The molecule has 1 aliphatic heterocycles. The van der Waals surface area contributed by atoms with E-state index in [4.69, 9.17) is 19.4 Å². The average Bonchev–Trinajstić information content (AvgIpc) is 3.96. The third-order valence-corrected chi connectivity index (χ3v) is 13.5. The van der Waals surface area contributed by atoms with Gasteiger partial charge in [-0.2, -0.15) is 9.97 Å². The number of hydrogen-bond acceptors (Lipinski definition) is 5. The minimum atomic E-state index is 0.426. The minimum absolute atomic E-state index is 0.426. The number of benzene rings is 5. The zero-order chi connectivity index (χ0) is 38.3. The summed E-state index contributed by atoms with van der Waals surface area (Å²) in [6.45, 7) is 2.25. The molecule has 0 fully saturated rings. The third kappa shape index (κ3) is 5.35. The Kier molecular flexibility index (Phi) is 7.70. The monoisotopic (exact) mass is 766 g/mol. The molecule has 3 aromatic heterocycles. The van der Waals surface area contributed by atoms with Gasteiger partial charge in [-0.1, -0.05) is 128 Å². The predicted octanol–water partition coefficient (Wildman–Crippen LogP) is 13.6. The van der Waals surface area contributed by atoms with E-state index in [1.807, 2.05) is 17.8 Å². The first-order valence-corrected chi connectivity index (χ1v) is 21.2. The summed E-state index contributed by atoms with van der Waals surface area (Å²) in [6, 6.07) is 36.9. The van der Waals surface area contributed by atoms with Crippen LogP contribution in [0.25, 0.3) is 83.4 Å². The van der Waals surface area contributed by atoms with Crippen LogP contribution in [0.2, 0.25) is 0 Å². The molecule has 8 aromatic rings. The molecule has 0 N–H and O–H groups in total. The molecule has 278 valence electrons. The largest absolute Gasteiger partial charge is 0.454 e. The topological polar surface area (TPSA) is 56.7 Å². The van der Waals surface area contributed by atoms with E-state index in [1.54, 1.807) is 0 Å². The number of hydrogen-bond donors (Lipinski definition) is 0. The quantitative estimate of drug-likeness (QED) is 0.175. The Hall–Kier alpha value is -6.50. The van der Waals surface area contributed by atoms with E-state index in [0.717, 1.165) is 80.6 Å². The van der Waals surface area contributed by atoms with Gasteiger partial charge in [-0.15, -0.1) is 11.8 Å². The molecular formula is C52H38N4OS. The lowest BCUT2D eigenvalue weighted by Gasteiger charge is -2.18. The predicted molar refractivity (Wildman–Crippen MR) is 241 cm³/mol. The van der Waals surface area contributed by atoms with Crippen molar-refractivity contribution >= 4 is 77.8 Å². The minimum Gasteiger partial charge on any atom is -0.454 e. The van der Waals surface area contributed by atoms with Gasteiger partial charge in [-0.05, 0) is 95.4 Å². The molecule has 4 heterocycles. The highest BCUT2D eigenvalue weighted by molar-refractivity contribution is 8.00. The van der Waals surface area contributed by atoms with Crippen molar-refractivity contribution in [2.24, 2.45) is 5.92 Å². The van der Waals surface area contributed by atoms with Crippen LogP contribution in [0.5, 0.6) is 0 Å². The van der Waals surface area contributed by atoms with E-state index >= 15 is 0 Å². The van der Waals surface area contributed by atoms with E-state index in [9.17, 15) is 0 Å². The zero-order valence-corrected chi connectivity index (χ0v) is 32.8. The number of para-hydroxylation sites is 2. The molecule has 2 unspecified atom stereocenters. The summed E-state index contributed by atoms with van der Waals surface area (Å²) in [7, 11) is 0. The van der Waals surface area contributed by atoms with Gasteiger partial charge in [0.05, 0.1) is 5.52 Å². The fourth-order valence-electron chi connectivity index (χ4n) is 9.21. The van der Waals surface area contributed by atoms with Crippen LogP contribution < -0.4 is 0 Å². The molecule has 0 saturated heterocycles. The molecule has 0 radical (unpaired) electrons. The Bertz CT molecular complexity index is 3220. The first-order chi connectivity index (χ1) is 28.6. The molecule has 0 spiro atoms. The Morgan fingerprint density at radius 2 is 1.47 bits per heavy atom. The van der Waals surface area contributed by atoms with Gasteiger partial charge >= 0.3 is 0 Å². The van der Waals surface area contributed by atoms with Gasteiger partial charge in [0, 0.05) is 42.8 Å². The standard InChI is InChI=1S/C52H38N4OS/c1-31-19-21-32(22-20-31)33-23-25-35(26-24-33)51-53-50(34-11-3-2-4-12-34)54-52(55-51)56-43-16-8-5-15-39(43)47-40(30-42-37-13-6-9-17-44(37)57-49(42)48(47)56)36-27-28-46-41(29-36)38-14-7-10-18-45(38)58-46/h3,5-19,21-27,29-31,46H,2,4,20,28H2,1H3. The van der Waals surface area contributed by atoms with Crippen molar-refractivity contribution in [2.75, 3.05) is 0 Å². The lowest BCUT2D eigenvalue weighted by molar-refractivity contribution is 0.670. The fourth-order valence-corrected chi connectivity index (χ4v) is 10.5. The lowest BCUT2D eigenvalue weighted by Crippen LogP contribution is -2.08. The average molecular weight is 767 g/mol.